The molecule has 0 radical (unpaired) electrons. The van der Waals surface area contributed by atoms with E-state index in [1.165, 1.54) is 16.8 Å². The first-order valence-corrected chi connectivity index (χ1v) is 8.83. The predicted octanol–water partition coefficient (Wildman–Crippen LogP) is 4.74. The zero-order valence-corrected chi connectivity index (χ0v) is 16.1. The van der Waals surface area contributed by atoms with Crippen LogP contribution in [0.25, 0.3) is 5.57 Å². The number of rotatable bonds is 3. The summed E-state index contributed by atoms with van der Waals surface area (Å²) >= 11 is 6.02. The van der Waals surface area contributed by atoms with Gasteiger partial charge in [0.15, 0.2) is 0 Å². The number of carbonyl (C=O) groups excluding carboxylic acids is 1. The molecule has 0 unspecified atom stereocenters. The number of hydrazone groups is 1. The van der Waals surface area contributed by atoms with Crippen LogP contribution in [0.15, 0.2) is 53.6 Å². The summed E-state index contributed by atoms with van der Waals surface area (Å²) in [4.78, 5) is 14.4. The zero-order valence-electron chi connectivity index (χ0n) is 15.4. The van der Waals surface area contributed by atoms with Crippen molar-refractivity contribution < 1.29 is 4.79 Å². The first-order chi connectivity index (χ1) is 12.3. The van der Waals surface area contributed by atoms with E-state index in [0.717, 1.165) is 5.56 Å². The zero-order chi connectivity index (χ0) is 18.9. The maximum Gasteiger partial charge on any atom is 0.272 e. The second-order valence-electron chi connectivity index (χ2n) is 7.00. The average Bonchev–Trinajstić information content (AvgIpc) is 2.60. The second kappa shape index (κ2) is 6.96. The van der Waals surface area contributed by atoms with E-state index >= 15 is 0 Å². The standard InChI is InChI=1S/C21H22ClN3O/c1-14-12-21(2,3)25(4)19-10-9-15(11-17(14)19)13-23-24-20(26)16-7-5-6-8-18(16)22/h5-13H,1-4H3,(H,24,26)/b23-13+. The molecule has 0 spiro atoms. The van der Waals surface area contributed by atoms with Gasteiger partial charge in [0.1, 0.15) is 0 Å². The maximum atomic E-state index is 12.1. The summed E-state index contributed by atoms with van der Waals surface area (Å²) in [5.41, 5.74) is 7.42. The third-order valence-electron chi connectivity index (χ3n) is 4.74. The van der Waals surface area contributed by atoms with Crippen molar-refractivity contribution in [3.05, 3.63) is 70.3 Å². The van der Waals surface area contributed by atoms with E-state index in [2.05, 4.69) is 61.5 Å². The summed E-state index contributed by atoms with van der Waals surface area (Å²) in [6.07, 6.45) is 3.90. The molecule has 0 saturated carbocycles. The first kappa shape index (κ1) is 18.2. The third kappa shape index (κ3) is 3.51. The van der Waals surface area contributed by atoms with E-state index in [1.807, 2.05) is 6.07 Å². The Morgan fingerprint density at radius 2 is 1.96 bits per heavy atom. The van der Waals surface area contributed by atoms with Crippen LogP contribution in [0.3, 0.4) is 0 Å². The average molecular weight is 368 g/mol. The van der Waals surface area contributed by atoms with Crippen LogP contribution in [-0.2, 0) is 0 Å². The van der Waals surface area contributed by atoms with Gasteiger partial charge < -0.3 is 4.90 Å². The van der Waals surface area contributed by atoms with Crippen molar-refractivity contribution in [1.82, 2.24) is 5.43 Å². The van der Waals surface area contributed by atoms with Crippen LogP contribution in [-0.4, -0.2) is 24.7 Å². The number of likely N-dealkylation sites (N-methyl/N-ethyl adjacent to an activating group) is 1. The quantitative estimate of drug-likeness (QED) is 0.629. The van der Waals surface area contributed by atoms with Crippen LogP contribution in [0.4, 0.5) is 5.69 Å². The Balaban J connectivity index is 1.78. The summed E-state index contributed by atoms with van der Waals surface area (Å²) in [6, 6.07) is 13.1. The number of allylic oxidation sites excluding steroid dienone is 1. The number of fused-ring (bicyclic) bond motifs is 1. The molecule has 0 bridgehead atoms. The summed E-state index contributed by atoms with van der Waals surface area (Å²) < 4.78 is 0. The molecule has 134 valence electrons. The Labute approximate surface area is 159 Å². The van der Waals surface area contributed by atoms with Crippen molar-refractivity contribution in [2.75, 3.05) is 11.9 Å². The highest BCUT2D eigenvalue weighted by molar-refractivity contribution is 6.33. The highest BCUT2D eigenvalue weighted by atomic mass is 35.5. The van der Waals surface area contributed by atoms with Crippen LogP contribution in [0.5, 0.6) is 0 Å². The lowest BCUT2D eigenvalue weighted by atomic mass is 9.89. The van der Waals surface area contributed by atoms with E-state index in [9.17, 15) is 4.79 Å². The van der Waals surface area contributed by atoms with Crippen molar-refractivity contribution in [2.45, 2.75) is 26.3 Å². The number of amides is 1. The molecule has 1 N–H and O–H groups in total. The molecule has 1 aliphatic rings. The molecule has 26 heavy (non-hydrogen) atoms. The lowest BCUT2D eigenvalue weighted by Gasteiger charge is -2.40. The topological polar surface area (TPSA) is 44.7 Å². The molecule has 1 aliphatic heterocycles. The van der Waals surface area contributed by atoms with Gasteiger partial charge in [-0.15, -0.1) is 0 Å². The molecule has 1 amide bonds. The molecule has 0 aromatic heterocycles. The molecule has 0 fully saturated rings. The van der Waals surface area contributed by atoms with E-state index in [0.29, 0.717) is 10.6 Å². The molecule has 4 nitrogen and oxygen atoms in total. The lowest BCUT2D eigenvalue weighted by Crippen LogP contribution is -2.42. The van der Waals surface area contributed by atoms with Crippen LogP contribution in [0.2, 0.25) is 5.02 Å². The summed E-state index contributed by atoms with van der Waals surface area (Å²) in [7, 11) is 2.10. The van der Waals surface area contributed by atoms with Gasteiger partial charge in [-0.25, -0.2) is 5.43 Å². The minimum Gasteiger partial charge on any atom is -0.366 e. The molecule has 2 aromatic rings. The van der Waals surface area contributed by atoms with Gasteiger partial charge in [0, 0.05) is 18.3 Å². The number of halogens is 1. The van der Waals surface area contributed by atoms with Crippen molar-refractivity contribution in [3.63, 3.8) is 0 Å². The van der Waals surface area contributed by atoms with Crippen LogP contribution >= 0.6 is 11.6 Å². The fourth-order valence-corrected chi connectivity index (χ4v) is 3.35. The number of nitrogens with zero attached hydrogens (tertiary/aromatic N) is 2. The molecular weight excluding hydrogens is 346 g/mol. The van der Waals surface area contributed by atoms with Gasteiger partial charge in [-0.3, -0.25) is 4.79 Å². The van der Waals surface area contributed by atoms with Crippen molar-refractivity contribution >= 4 is 35.0 Å². The predicted molar refractivity (Wildman–Crippen MR) is 109 cm³/mol. The summed E-state index contributed by atoms with van der Waals surface area (Å²) in [5.74, 6) is -0.331. The number of anilines is 1. The number of benzene rings is 2. The van der Waals surface area contributed by atoms with Gasteiger partial charge in [-0.05, 0) is 56.2 Å². The minimum atomic E-state index is -0.331. The van der Waals surface area contributed by atoms with Gasteiger partial charge in [-0.1, -0.05) is 35.9 Å². The molecule has 5 heteroatoms. The smallest absolute Gasteiger partial charge is 0.272 e. The van der Waals surface area contributed by atoms with Crippen molar-refractivity contribution in [1.29, 1.82) is 0 Å². The lowest BCUT2D eigenvalue weighted by molar-refractivity contribution is 0.0955. The summed E-state index contributed by atoms with van der Waals surface area (Å²) in [5, 5.41) is 4.47. The molecule has 0 aliphatic carbocycles. The van der Waals surface area contributed by atoms with Crippen LogP contribution < -0.4 is 10.3 Å². The van der Waals surface area contributed by atoms with Gasteiger partial charge in [0.2, 0.25) is 0 Å². The number of hydrogen-bond donors (Lipinski definition) is 1. The Hall–Kier alpha value is -2.59. The fraction of sp³-hybridized carbons (Fsp3) is 0.238. The fourth-order valence-electron chi connectivity index (χ4n) is 3.13. The monoisotopic (exact) mass is 367 g/mol. The molecule has 0 saturated heterocycles. The SMILES string of the molecule is CC1=CC(C)(C)N(C)c2ccc(/C=N/NC(=O)c3ccccc3Cl)cc21. The number of nitrogens with one attached hydrogen (secondary N) is 1. The van der Waals surface area contributed by atoms with Crippen LogP contribution in [0, 0.1) is 0 Å². The summed E-state index contributed by atoms with van der Waals surface area (Å²) in [6.45, 7) is 6.51. The molecule has 0 atom stereocenters. The highest BCUT2D eigenvalue weighted by Gasteiger charge is 2.28. The molecular formula is C21H22ClN3O. The maximum absolute atomic E-state index is 12.1. The normalized spacial score (nSPS) is 15.6. The van der Waals surface area contributed by atoms with Gasteiger partial charge in [-0.2, -0.15) is 5.10 Å². The Bertz CT molecular complexity index is 915. The highest BCUT2D eigenvalue weighted by Crippen LogP contribution is 2.37. The largest absolute Gasteiger partial charge is 0.366 e. The Kier molecular flexibility index (Phi) is 4.88. The van der Waals surface area contributed by atoms with Gasteiger partial charge in [0.25, 0.3) is 5.91 Å². The number of carbonyl (C=O) groups is 1. The van der Waals surface area contributed by atoms with Crippen molar-refractivity contribution in [2.24, 2.45) is 5.10 Å². The first-order valence-electron chi connectivity index (χ1n) is 8.45. The number of hydrogen-bond acceptors (Lipinski definition) is 3. The third-order valence-corrected chi connectivity index (χ3v) is 5.07. The van der Waals surface area contributed by atoms with Crippen LogP contribution in [0.1, 0.15) is 42.3 Å². The van der Waals surface area contributed by atoms with E-state index in [-0.39, 0.29) is 11.4 Å². The second-order valence-corrected chi connectivity index (χ2v) is 7.40. The Morgan fingerprint density at radius 1 is 1.23 bits per heavy atom. The van der Waals surface area contributed by atoms with Gasteiger partial charge >= 0.3 is 0 Å². The van der Waals surface area contributed by atoms with Crippen molar-refractivity contribution in [3.8, 4) is 0 Å². The minimum absolute atomic E-state index is 0.0182. The van der Waals surface area contributed by atoms with E-state index < -0.39 is 0 Å². The van der Waals surface area contributed by atoms with E-state index in [4.69, 9.17) is 11.6 Å². The van der Waals surface area contributed by atoms with E-state index in [1.54, 1.807) is 30.5 Å². The molecule has 3 rings (SSSR count). The molecule has 1 heterocycles. The van der Waals surface area contributed by atoms with Gasteiger partial charge in [0.05, 0.1) is 22.3 Å². The Morgan fingerprint density at radius 3 is 2.69 bits per heavy atom. The molecule has 2 aromatic carbocycles.